The van der Waals surface area contributed by atoms with Gasteiger partial charge >= 0.3 is 8.80 Å². The predicted octanol–water partition coefficient (Wildman–Crippen LogP) is 3.59. The van der Waals surface area contributed by atoms with Gasteiger partial charge in [0.05, 0.1) is 0 Å². The van der Waals surface area contributed by atoms with Gasteiger partial charge in [0.25, 0.3) is 0 Å². The van der Waals surface area contributed by atoms with E-state index in [2.05, 4.69) is 0 Å². The molecular formula is C11H24Cl2O3Si. The highest BCUT2D eigenvalue weighted by atomic mass is 35.5. The zero-order valence-electron chi connectivity index (χ0n) is 11.0. The summed E-state index contributed by atoms with van der Waals surface area (Å²) in [5.74, 6) is 0.283. The molecule has 0 saturated heterocycles. The third-order valence-electron chi connectivity index (χ3n) is 2.04. The van der Waals surface area contributed by atoms with E-state index in [1.165, 1.54) is 0 Å². The Balaban J connectivity index is 4.63. The van der Waals surface area contributed by atoms with Crippen LogP contribution in [0, 0.1) is 0 Å². The maximum atomic E-state index is 6.25. The van der Waals surface area contributed by atoms with Gasteiger partial charge in [0.2, 0.25) is 0 Å². The van der Waals surface area contributed by atoms with E-state index < -0.39 is 8.80 Å². The lowest BCUT2D eigenvalue weighted by Crippen LogP contribution is -2.55. The number of halogens is 2. The van der Waals surface area contributed by atoms with Gasteiger partial charge in [-0.1, -0.05) is 20.8 Å². The Labute approximate surface area is 116 Å². The molecular weight excluding hydrogens is 279 g/mol. The molecule has 0 saturated carbocycles. The Morgan fingerprint density at radius 2 is 1.24 bits per heavy atom. The van der Waals surface area contributed by atoms with Gasteiger partial charge in [0.15, 0.2) is 0 Å². The quantitative estimate of drug-likeness (QED) is 0.431. The van der Waals surface area contributed by atoms with Crippen LogP contribution in [0.15, 0.2) is 0 Å². The van der Waals surface area contributed by atoms with E-state index in [4.69, 9.17) is 36.5 Å². The summed E-state index contributed by atoms with van der Waals surface area (Å²) in [6.45, 7) is 7.92. The maximum absolute atomic E-state index is 6.25. The lowest BCUT2D eigenvalue weighted by atomic mass is 10.5. The van der Waals surface area contributed by atoms with Crippen molar-refractivity contribution in [3.8, 4) is 0 Å². The number of hydrogen-bond acceptors (Lipinski definition) is 3. The van der Waals surface area contributed by atoms with Crippen LogP contribution in [0.5, 0.6) is 0 Å². The van der Waals surface area contributed by atoms with E-state index in [0.29, 0.717) is 19.8 Å². The highest BCUT2D eigenvalue weighted by Crippen LogP contribution is 2.22. The van der Waals surface area contributed by atoms with Gasteiger partial charge in [-0.25, -0.2) is 0 Å². The highest BCUT2D eigenvalue weighted by molar-refractivity contribution is 6.72. The minimum atomic E-state index is -2.83. The standard InChI is InChI=1S/C11H24Cl2O3Si/c1-4-7-14-17(11(13)10-12,15-8-5-2)16-9-6-3/h11H,4-10H2,1-3H3. The molecule has 0 spiro atoms. The zero-order chi connectivity index (χ0) is 13.1. The fraction of sp³-hybridized carbons (Fsp3) is 1.00. The van der Waals surface area contributed by atoms with Crippen molar-refractivity contribution in [2.75, 3.05) is 25.7 Å². The molecule has 0 bridgehead atoms. The van der Waals surface area contributed by atoms with Gasteiger partial charge < -0.3 is 13.3 Å². The van der Waals surface area contributed by atoms with E-state index in [1.807, 2.05) is 20.8 Å². The molecule has 17 heavy (non-hydrogen) atoms. The highest BCUT2D eigenvalue weighted by Gasteiger charge is 2.48. The first-order chi connectivity index (χ1) is 8.16. The van der Waals surface area contributed by atoms with Crippen molar-refractivity contribution in [1.82, 2.24) is 0 Å². The van der Waals surface area contributed by atoms with Crippen molar-refractivity contribution < 1.29 is 13.3 Å². The normalized spacial score (nSPS) is 13.9. The summed E-state index contributed by atoms with van der Waals surface area (Å²) in [5, 5.41) is -0.381. The Kier molecular flexibility index (Phi) is 11.0. The summed E-state index contributed by atoms with van der Waals surface area (Å²) in [4.78, 5) is 0. The maximum Gasteiger partial charge on any atom is 0.521 e. The van der Waals surface area contributed by atoms with Crippen LogP contribution in [0.1, 0.15) is 40.0 Å². The smallest absolute Gasteiger partial charge is 0.373 e. The minimum absolute atomic E-state index is 0.283. The van der Waals surface area contributed by atoms with Crippen molar-refractivity contribution in [2.45, 2.75) is 45.0 Å². The molecule has 0 rings (SSSR count). The average Bonchev–Trinajstić information content (AvgIpc) is 2.37. The molecule has 1 atom stereocenters. The number of hydrogen-bond donors (Lipinski definition) is 0. The Hall–Kier alpha value is 0.677. The molecule has 104 valence electrons. The molecule has 0 amide bonds. The predicted molar refractivity (Wildman–Crippen MR) is 74.8 cm³/mol. The SMILES string of the molecule is CCCO[Si](OCCC)(OCCC)C(Cl)CCl. The van der Waals surface area contributed by atoms with Crippen molar-refractivity contribution in [2.24, 2.45) is 0 Å². The second kappa shape index (κ2) is 10.6. The van der Waals surface area contributed by atoms with Gasteiger partial charge in [-0.2, -0.15) is 0 Å². The van der Waals surface area contributed by atoms with Gasteiger partial charge in [-0.3, -0.25) is 0 Å². The lowest BCUT2D eigenvalue weighted by molar-refractivity contribution is 0.0583. The van der Waals surface area contributed by atoms with Crippen LogP contribution in [0.3, 0.4) is 0 Å². The first-order valence-electron chi connectivity index (χ1n) is 6.28. The van der Waals surface area contributed by atoms with E-state index in [0.717, 1.165) is 19.3 Å². The van der Waals surface area contributed by atoms with Crippen molar-refractivity contribution in [3.05, 3.63) is 0 Å². The molecule has 0 aromatic rings. The first kappa shape index (κ1) is 17.7. The van der Waals surface area contributed by atoms with Crippen molar-refractivity contribution in [3.63, 3.8) is 0 Å². The fourth-order valence-corrected chi connectivity index (χ4v) is 4.81. The molecule has 0 N–H and O–H groups in total. The van der Waals surface area contributed by atoms with Gasteiger partial charge in [-0.05, 0) is 19.3 Å². The molecule has 0 aromatic carbocycles. The second-order valence-electron chi connectivity index (χ2n) is 3.77. The van der Waals surface area contributed by atoms with Crippen molar-refractivity contribution in [1.29, 1.82) is 0 Å². The molecule has 0 aliphatic carbocycles. The molecule has 6 heteroatoms. The summed E-state index contributed by atoms with van der Waals surface area (Å²) < 4.78 is 17.4. The number of rotatable bonds is 11. The molecule has 0 aliphatic heterocycles. The summed E-state index contributed by atoms with van der Waals surface area (Å²) >= 11 is 12.1. The van der Waals surface area contributed by atoms with Gasteiger partial charge in [0, 0.05) is 25.7 Å². The molecule has 1 unspecified atom stereocenters. The third kappa shape index (κ3) is 6.41. The van der Waals surface area contributed by atoms with Crippen LogP contribution >= 0.6 is 23.2 Å². The van der Waals surface area contributed by atoms with Crippen molar-refractivity contribution >= 4 is 32.0 Å². The second-order valence-corrected chi connectivity index (χ2v) is 7.74. The largest absolute Gasteiger partial charge is 0.521 e. The van der Waals surface area contributed by atoms with E-state index in [9.17, 15) is 0 Å². The molecule has 0 aliphatic rings. The van der Waals surface area contributed by atoms with E-state index in [-0.39, 0.29) is 10.9 Å². The fourth-order valence-electron chi connectivity index (χ4n) is 1.22. The van der Waals surface area contributed by atoms with E-state index >= 15 is 0 Å². The molecule has 0 aromatic heterocycles. The lowest BCUT2D eigenvalue weighted by Gasteiger charge is -2.32. The zero-order valence-corrected chi connectivity index (χ0v) is 13.5. The average molecular weight is 303 g/mol. The Morgan fingerprint density at radius 3 is 1.47 bits per heavy atom. The summed E-state index contributed by atoms with van der Waals surface area (Å²) in [6, 6.07) is 0. The molecule has 0 fully saturated rings. The van der Waals surface area contributed by atoms with E-state index in [1.54, 1.807) is 0 Å². The van der Waals surface area contributed by atoms with Crippen LogP contribution < -0.4 is 0 Å². The van der Waals surface area contributed by atoms with Gasteiger partial charge in [-0.15, -0.1) is 23.2 Å². The first-order valence-corrected chi connectivity index (χ1v) is 9.06. The van der Waals surface area contributed by atoms with Crippen LogP contribution in [0.25, 0.3) is 0 Å². The van der Waals surface area contributed by atoms with Crippen LogP contribution in [0.2, 0.25) is 0 Å². The summed E-state index contributed by atoms with van der Waals surface area (Å²) in [7, 11) is -2.83. The summed E-state index contributed by atoms with van der Waals surface area (Å²) in [6.07, 6.45) is 2.73. The third-order valence-corrected chi connectivity index (χ3v) is 6.51. The topological polar surface area (TPSA) is 27.7 Å². The van der Waals surface area contributed by atoms with Gasteiger partial charge in [0.1, 0.15) is 5.00 Å². The minimum Gasteiger partial charge on any atom is -0.373 e. The monoisotopic (exact) mass is 302 g/mol. The molecule has 3 nitrogen and oxygen atoms in total. The molecule has 0 radical (unpaired) electrons. The van der Waals surface area contributed by atoms with Crippen LogP contribution in [-0.4, -0.2) is 39.5 Å². The Bertz CT molecular complexity index is 162. The summed E-state index contributed by atoms with van der Waals surface area (Å²) in [5.41, 5.74) is 0. The Morgan fingerprint density at radius 1 is 0.882 bits per heavy atom. The number of alkyl halides is 2. The van der Waals surface area contributed by atoms with Crippen LogP contribution in [0.4, 0.5) is 0 Å². The van der Waals surface area contributed by atoms with Crippen LogP contribution in [-0.2, 0) is 13.3 Å². The molecule has 0 heterocycles.